The molecule has 0 saturated carbocycles. The van der Waals surface area contributed by atoms with E-state index in [1.807, 2.05) is 0 Å². The van der Waals surface area contributed by atoms with Crippen LogP contribution in [-0.4, -0.2) is 45.6 Å². The highest BCUT2D eigenvalue weighted by molar-refractivity contribution is 7.92. The molecule has 1 aromatic rings. The maximum atomic E-state index is 12.3. The first-order chi connectivity index (χ1) is 9.11. The van der Waals surface area contributed by atoms with Gasteiger partial charge in [-0.1, -0.05) is 12.1 Å². The van der Waals surface area contributed by atoms with Gasteiger partial charge in [-0.25, -0.2) is 21.6 Å². The number of sulfonamides is 1. The van der Waals surface area contributed by atoms with Crippen LogP contribution in [0.3, 0.4) is 0 Å². The predicted octanol–water partition coefficient (Wildman–Crippen LogP) is -0.260. The second-order valence-corrected chi connectivity index (χ2v) is 8.98. The van der Waals surface area contributed by atoms with Gasteiger partial charge in [0.1, 0.15) is 0 Å². The van der Waals surface area contributed by atoms with Gasteiger partial charge < -0.3 is 5.11 Å². The fraction of sp³-hybridized carbons (Fsp3) is 0.500. The molecule has 112 valence electrons. The number of rotatable bonds is 3. The fourth-order valence-electron chi connectivity index (χ4n) is 2.20. The number of sulfone groups is 1. The Labute approximate surface area is 118 Å². The van der Waals surface area contributed by atoms with Crippen molar-refractivity contribution in [3.63, 3.8) is 0 Å². The quantitative estimate of drug-likeness (QED) is 0.799. The Kier molecular flexibility index (Phi) is 3.94. The fourth-order valence-corrected chi connectivity index (χ4v) is 5.65. The monoisotopic (exact) mass is 319 g/mol. The molecule has 2 N–H and O–H groups in total. The molecule has 0 bridgehead atoms. The molecule has 1 aromatic carbocycles. The first-order valence-corrected chi connectivity index (χ1v) is 9.39. The van der Waals surface area contributed by atoms with Crippen molar-refractivity contribution < 1.29 is 21.9 Å². The van der Waals surface area contributed by atoms with Gasteiger partial charge >= 0.3 is 0 Å². The second-order valence-electron chi connectivity index (χ2n) is 5.14. The predicted molar refractivity (Wildman–Crippen MR) is 74.7 cm³/mol. The van der Waals surface area contributed by atoms with E-state index in [4.69, 9.17) is 0 Å². The van der Waals surface area contributed by atoms with Gasteiger partial charge in [0.2, 0.25) is 10.0 Å². The van der Waals surface area contributed by atoms with Crippen molar-refractivity contribution in [2.24, 2.45) is 0 Å². The molecule has 6 nitrogen and oxygen atoms in total. The smallest absolute Gasteiger partial charge is 0.241 e. The summed E-state index contributed by atoms with van der Waals surface area (Å²) in [6, 6.07) is 4.01. The molecular formula is C12H17NO5S2. The summed E-state index contributed by atoms with van der Waals surface area (Å²) in [5, 5.41) is 9.65. The number of hydrogen-bond acceptors (Lipinski definition) is 5. The van der Waals surface area contributed by atoms with Crippen LogP contribution in [0.5, 0.6) is 0 Å². The Bertz CT molecular complexity index is 724. The number of hydrogen-bond donors (Lipinski definition) is 2. The summed E-state index contributed by atoms with van der Waals surface area (Å²) in [7, 11) is -7.25. The average Bonchev–Trinajstić information content (AvgIpc) is 2.54. The molecule has 0 unspecified atom stereocenters. The summed E-state index contributed by atoms with van der Waals surface area (Å²) >= 11 is 0. The van der Waals surface area contributed by atoms with Crippen LogP contribution in [0.15, 0.2) is 23.1 Å². The minimum Gasteiger partial charge on any atom is -0.390 e. The van der Waals surface area contributed by atoms with Crippen LogP contribution in [0.2, 0.25) is 0 Å². The Morgan fingerprint density at radius 2 is 1.90 bits per heavy atom. The molecule has 8 heteroatoms. The van der Waals surface area contributed by atoms with Crippen molar-refractivity contribution in [3.8, 4) is 0 Å². The molecular weight excluding hydrogens is 302 g/mol. The van der Waals surface area contributed by atoms with Crippen LogP contribution in [0.25, 0.3) is 0 Å². The minimum atomic E-state index is -3.85. The third kappa shape index (κ3) is 3.20. The highest BCUT2D eigenvalue weighted by Crippen LogP contribution is 2.20. The van der Waals surface area contributed by atoms with Gasteiger partial charge in [0.25, 0.3) is 0 Å². The van der Waals surface area contributed by atoms with E-state index in [0.717, 1.165) is 5.56 Å². The Morgan fingerprint density at radius 3 is 2.45 bits per heavy atom. The van der Waals surface area contributed by atoms with E-state index in [1.165, 1.54) is 6.07 Å². The summed E-state index contributed by atoms with van der Waals surface area (Å²) in [6.45, 7) is 3.43. The van der Waals surface area contributed by atoms with Gasteiger partial charge in [-0.2, -0.15) is 0 Å². The highest BCUT2D eigenvalue weighted by atomic mass is 32.2. The third-order valence-corrected chi connectivity index (χ3v) is 6.61. The van der Waals surface area contributed by atoms with E-state index in [1.54, 1.807) is 26.0 Å². The topological polar surface area (TPSA) is 101 Å². The molecule has 0 aromatic heterocycles. The van der Waals surface area contributed by atoms with Crippen molar-refractivity contribution >= 4 is 19.9 Å². The van der Waals surface area contributed by atoms with Gasteiger partial charge in [0.05, 0.1) is 28.5 Å². The maximum Gasteiger partial charge on any atom is 0.241 e. The molecule has 1 aliphatic heterocycles. The number of aryl methyl sites for hydroxylation is 2. The molecule has 1 aliphatic rings. The van der Waals surface area contributed by atoms with Crippen molar-refractivity contribution in [1.82, 2.24) is 4.72 Å². The first kappa shape index (κ1) is 15.4. The zero-order valence-electron chi connectivity index (χ0n) is 11.2. The molecule has 0 spiro atoms. The lowest BCUT2D eigenvalue weighted by Crippen LogP contribution is -2.42. The third-order valence-electron chi connectivity index (χ3n) is 3.26. The molecule has 20 heavy (non-hydrogen) atoms. The standard InChI is InChI=1S/C12H17NO5S2/c1-8-3-4-9(2)12(5-8)20(17,18)13-10-6-19(15,16)7-11(10)14/h3-5,10-11,13-14H,6-7H2,1-2H3/t10-,11+/m0/s1. The number of nitrogens with one attached hydrogen (secondary N) is 1. The van der Waals surface area contributed by atoms with E-state index in [9.17, 15) is 21.9 Å². The molecule has 0 aliphatic carbocycles. The van der Waals surface area contributed by atoms with Gasteiger partial charge in [0.15, 0.2) is 9.84 Å². The number of benzene rings is 1. The van der Waals surface area contributed by atoms with Crippen LogP contribution in [0.1, 0.15) is 11.1 Å². The zero-order valence-corrected chi connectivity index (χ0v) is 12.8. The Balaban J connectivity index is 2.31. The van der Waals surface area contributed by atoms with Crippen molar-refractivity contribution in [2.45, 2.75) is 30.9 Å². The van der Waals surface area contributed by atoms with Gasteiger partial charge in [-0.3, -0.25) is 0 Å². The summed E-state index contributed by atoms with van der Waals surface area (Å²) in [5.41, 5.74) is 1.36. The highest BCUT2D eigenvalue weighted by Gasteiger charge is 2.39. The maximum absolute atomic E-state index is 12.3. The first-order valence-electron chi connectivity index (χ1n) is 6.09. The van der Waals surface area contributed by atoms with E-state index >= 15 is 0 Å². The van der Waals surface area contributed by atoms with E-state index in [0.29, 0.717) is 5.56 Å². The summed E-state index contributed by atoms with van der Waals surface area (Å²) < 4.78 is 49.7. The van der Waals surface area contributed by atoms with Gasteiger partial charge in [-0.05, 0) is 31.0 Å². The summed E-state index contributed by atoms with van der Waals surface area (Å²) in [6.07, 6.45) is -1.21. The number of aliphatic hydroxyl groups is 1. The molecule has 0 amide bonds. The lowest BCUT2D eigenvalue weighted by atomic mass is 10.2. The molecule has 0 radical (unpaired) electrons. The number of aliphatic hydroxyl groups excluding tert-OH is 1. The average molecular weight is 319 g/mol. The van der Waals surface area contributed by atoms with Crippen molar-refractivity contribution in [3.05, 3.63) is 29.3 Å². The molecule has 1 fully saturated rings. The van der Waals surface area contributed by atoms with Crippen molar-refractivity contribution in [1.29, 1.82) is 0 Å². The Morgan fingerprint density at radius 1 is 1.25 bits per heavy atom. The van der Waals surface area contributed by atoms with Crippen molar-refractivity contribution in [2.75, 3.05) is 11.5 Å². The second kappa shape index (κ2) is 5.10. The van der Waals surface area contributed by atoms with Crippen LogP contribution < -0.4 is 4.72 Å². The zero-order chi connectivity index (χ0) is 15.1. The van der Waals surface area contributed by atoms with Crippen LogP contribution in [0, 0.1) is 13.8 Å². The largest absolute Gasteiger partial charge is 0.390 e. The molecule has 1 saturated heterocycles. The lowest BCUT2D eigenvalue weighted by Gasteiger charge is -2.16. The molecule has 2 rings (SSSR count). The SMILES string of the molecule is Cc1ccc(C)c(S(=O)(=O)N[C@H]2CS(=O)(=O)C[C@H]2O)c1. The van der Waals surface area contributed by atoms with E-state index < -0.39 is 37.8 Å². The van der Waals surface area contributed by atoms with Crippen LogP contribution in [0.4, 0.5) is 0 Å². The minimum absolute atomic E-state index is 0.106. The van der Waals surface area contributed by atoms with Gasteiger partial charge in [0, 0.05) is 0 Å². The van der Waals surface area contributed by atoms with E-state index in [-0.39, 0.29) is 10.6 Å². The summed E-state index contributed by atoms with van der Waals surface area (Å²) in [5.74, 6) is -0.786. The van der Waals surface area contributed by atoms with Gasteiger partial charge in [-0.15, -0.1) is 0 Å². The molecule has 1 heterocycles. The van der Waals surface area contributed by atoms with E-state index in [2.05, 4.69) is 4.72 Å². The van der Waals surface area contributed by atoms with Crippen LogP contribution in [-0.2, 0) is 19.9 Å². The Hall–Kier alpha value is -0.960. The lowest BCUT2D eigenvalue weighted by molar-refractivity contribution is 0.176. The normalized spacial score (nSPS) is 25.8. The summed E-state index contributed by atoms with van der Waals surface area (Å²) in [4.78, 5) is 0.106. The van der Waals surface area contributed by atoms with Crippen LogP contribution >= 0.6 is 0 Å². The molecule has 2 atom stereocenters.